The molecule has 0 N–H and O–H groups in total. The number of alkyl halides is 5. The summed E-state index contributed by atoms with van der Waals surface area (Å²) in [6.45, 7) is 0.781. The third-order valence-electron chi connectivity index (χ3n) is 1.38. The zero-order chi connectivity index (χ0) is 8.15. The third kappa shape index (κ3) is 0.803. The van der Waals surface area contributed by atoms with Crippen molar-refractivity contribution >= 4 is 0 Å². The van der Waals surface area contributed by atoms with Crippen molar-refractivity contribution in [1.82, 2.24) is 0 Å². The number of hydrogen-bond acceptors (Lipinski definition) is 0. The predicted molar refractivity (Wildman–Crippen MR) is 23.7 cm³/mol. The number of allylic oxidation sites excluding steroid dienone is 2. The largest absolute Gasteiger partial charge is 0.418 e. The van der Waals surface area contributed by atoms with E-state index < -0.39 is 23.2 Å². The summed E-state index contributed by atoms with van der Waals surface area (Å²) >= 11 is 0. The third-order valence-corrected chi connectivity index (χ3v) is 1.38. The van der Waals surface area contributed by atoms with Gasteiger partial charge in [0.1, 0.15) is 5.57 Å². The van der Waals surface area contributed by atoms with Crippen LogP contribution in [0.15, 0.2) is 11.1 Å². The van der Waals surface area contributed by atoms with Crippen LogP contribution < -0.4 is 0 Å². The molecule has 0 fully saturated rings. The first kappa shape index (κ1) is 7.50. The standard InChI is InChI=1S/C5H3F5/c1-2-3(4(2,6)7)5(8,9)10/h1H3. The molecule has 10 heavy (non-hydrogen) atoms. The summed E-state index contributed by atoms with van der Waals surface area (Å²) in [7, 11) is 0. The molecule has 0 saturated carbocycles. The maximum absolute atomic E-state index is 11.9. The Morgan fingerprint density at radius 1 is 1.20 bits per heavy atom. The van der Waals surface area contributed by atoms with Gasteiger partial charge in [0.25, 0.3) is 5.92 Å². The molecular formula is C5H3F5. The second-order valence-electron chi connectivity index (χ2n) is 2.07. The molecule has 1 aliphatic rings. The average molecular weight is 158 g/mol. The summed E-state index contributed by atoms with van der Waals surface area (Å²) in [5.41, 5.74) is -2.54. The van der Waals surface area contributed by atoms with Gasteiger partial charge in [-0.05, 0) is 6.92 Å². The van der Waals surface area contributed by atoms with Crippen LogP contribution in [0.2, 0.25) is 0 Å². The molecule has 0 aromatic rings. The molecular weight excluding hydrogens is 155 g/mol. The zero-order valence-electron chi connectivity index (χ0n) is 4.89. The van der Waals surface area contributed by atoms with Crippen molar-refractivity contribution in [2.45, 2.75) is 19.0 Å². The summed E-state index contributed by atoms with van der Waals surface area (Å²) in [6.07, 6.45) is -4.85. The maximum Gasteiger partial charge on any atom is 0.418 e. The molecule has 0 atom stereocenters. The van der Waals surface area contributed by atoms with E-state index in [0.29, 0.717) is 0 Å². The van der Waals surface area contributed by atoms with Crippen LogP contribution in [0.1, 0.15) is 6.92 Å². The monoisotopic (exact) mass is 158 g/mol. The van der Waals surface area contributed by atoms with Crippen LogP contribution in [0.3, 0.4) is 0 Å². The van der Waals surface area contributed by atoms with E-state index in [9.17, 15) is 22.0 Å². The van der Waals surface area contributed by atoms with E-state index in [2.05, 4.69) is 0 Å². The number of halogens is 5. The van der Waals surface area contributed by atoms with Crippen LogP contribution >= 0.6 is 0 Å². The topological polar surface area (TPSA) is 0 Å². The van der Waals surface area contributed by atoms with E-state index in [0.717, 1.165) is 6.92 Å². The fraction of sp³-hybridized carbons (Fsp3) is 0.600. The van der Waals surface area contributed by atoms with Gasteiger partial charge in [0.05, 0.1) is 0 Å². The first-order valence-electron chi connectivity index (χ1n) is 2.44. The molecule has 0 heterocycles. The number of hydrogen-bond donors (Lipinski definition) is 0. The molecule has 0 radical (unpaired) electrons. The van der Waals surface area contributed by atoms with Crippen LogP contribution in [-0.4, -0.2) is 12.1 Å². The van der Waals surface area contributed by atoms with Crippen molar-refractivity contribution in [3.63, 3.8) is 0 Å². The Morgan fingerprint density at radius 2 is 1.50 bits per heavy atom. The molecule has 1 aliphatic carbocycles. The van der Waals surface area contributed by atoms with E-state index in [1.54, 1.807) is 0 Å². The lowest BCUT2D eigenvalue weighted by Crippen LogP contribution is -2.12. The van der Waals surface area contributed by atoms with Gasteiger partial charge in [-0.15, -0.1) is 0 Å². The Balaban J connectivity index is 2.82. The van der Waals surface area contributed by atoms with E-state index in [-0.39, 0.29) is 0 Å². The zero-order valence-corrected chi connectivity index (χ0v) is 4.89. The van der Waals surface area contributed by atoms with Gasteiger partial charge in [-0.1, -0.05) is 0 Å². The highest BCUT2D eigenvalue weighted by Gasteiger charge is 2.65. The molecule has 1 rings (SSSR count). The van der Waals surface area contributed by atoms with E-state index in [1.165, 1.54) is 0 Å². The fourth-order valence-electron chi connectivity index (χ4n) is 0.736. The second-order valence-corrected chi connectivity index (χ2v) is 2.07. The lowest BCUT2D eigenvalue weighted by atomic mass is 10.4. The van der Waals surface area contributed by atoms with Gasteiger partial charge in [-0.25, -0.2) is 0 Å². The smallest absolute Gasteiger partial charge is 0.196 e. The molecule has 0 saturated heterocycles. The van der Waals surface area contributed by atoms with E-state index >= 15 is 0 Å². The molecule has 0 spiro atoms. The van der Waals surface area contributed by atoms with Crippen LogP contribution in [-0.2, 0) is 0 Å². The molecule has 5 heteroatoms. The van der Waals surface area contributed by atoms with Crippen molar-refractivity contribution in [1.29, 1.82) is 0 Å². The lowest BCUT2D eigenvalue weighted by molar-refractivity contribution is -0.102. The van der Waals surface area contributed by atoms with Gasteiger partial charge < -0.3 is 0 Å². The molecule has 0 nitrogen and oxygen atoms in total. The van der Waals surface area contributed by atoms with Gasteiger partial charge in [0.2, 0.25) is 0 Å². The van der Waals surface area contributed by atoms with Crippen LogP contribution in [0, 0.1) is 0 Å². The summed E-state index contributed by atoms with van der Waals surface area (Å²) in [5, 5.41) is 0. The van der Waals surface area contributed by atoms with Gasteiger partial charge >= 0.3 is 6.18 Å². The minimum absolute atomic E-state index is 0.781. The van der Waals surface area contributed by atoms with Crippen molar-refractivity contribution in [2.24, 2.45) is 0 Å². The van der Waals surface area contributed by atoms with Crippen molar-refractivity contribution < 1.29 is 22.0 Å². The molecule has 0 bridgehead atoms. The molecule has 0 aliphatic heterocycles. The van der Waals surface area contributed by atoms with Crippen molar-refractivity contribution in [2.75, 3.05) is 0 Å². The molecule has 0 unspecified atom stereocenters. The highest BCUT2D eigenvalue weighted by molar-refractivity contribution is 5.50. The highest BCUT2D eigenvalue weighted by atomic mass is 19.4. The maximum atomic E-state index is 11.9. The Morgan fingerprint density at radius 3 is 1.50 bits per heavy atom. The molecule has 0 aromatic heterocycles. The number of rotatable bonds is 0. The molecule has 0 aromatic carbocycles. The average Bonchev–Trinajstić information content (AvgIpc) is 2.03. The van der Waals surface area contributed by atoms with Crippen molar-refractivity contribution in [3.05, 3.63) is 11.1 Å². The first-order chi connectivity index (χ1) is 4.28. The lowest BCUT2D eigenvalue weighted by Gasteiger charge is -2.00. The minimum Gasteiger partial charge on any atom is -0.196 e. The molecule has 0 amide bonds. The Hall–Kier alpha value is -0.610. The highest BCUT2D eigenvalue weighted by Crippen LogP contribution is 2.56. The van der Waals surface area contributed by atoms with Crippen LogP contribution in [0.5, 0.6) is 0 Å². The fourth-order valence-corrected chi connectivity index (χ4v) is 0.736. The predicted octanol–water partition coefficient (Wildman–Crippen LogP) is 2.51. The van der Waals surface area contributed by atoms with Crippen LogP contribution in [0.4, 0.5) is 22.0 Å². The second kappa shape index (κ2) is 1.52. The SMILES string of the molecule is CC1=C(C(F)(F)F)C1(F)F. The normalized spacial score (nSPS) is 23.4. The van der Waals surface area contributed by atoms with E-state index in [1.807, 2.05) is 0 Å². The van der Waals surface area contributed by atoms with Gasteiger partial charge in [-0.2, -0.15) is 22.0 Å². The Bertz CT molecular complexity index is 197. The minimum atomic E-state index is -4.85. The Labute approximate surface area is 53.3 Å². The molecule has 58 valence electrons. The summed E-state index contributed by atoms with van der Waals surface area (Å²) < 4.78 is 58.1. The quantitative estimate of drug-likeness (QED) is 0.375. The summed E-state index contributed by atoms with van der Waals surface area (Å²) in [5.74, 6) is -3.68. The Kier molecular flexibility index (Phi) is 1.14. The van der Waals surface area contributed by atoms with Crippen LogP contribution in [0.25, 0.3) is 0 Å². The van der Waals surface area contributed by atoms with Crippen molar-refractivity contribution in [3.8, 4) is 0 Å². The summed E-state index contributed by atoms with van der Waals surface area (Å²) in [6, 6.07) is 0. The van der Waals surface area contributed by atoms with Gasteiger partial charge in [0, 0.05) is 5.57 Å². The first-order valence-corrected chi connectivity index (χ1v) is 2.44. The van der Waals surface area contributed by atoms with Gasteiger partial charge in [0.15, 0.2) is 0 Å². The van der Waals surface area contributed by atoms with Gasteiger partial charge in [-0.3, -0.25) is 0 Å². The summed E-state index contributed by atoms with van der Waals surface area (Å²) in [4.78, 5) is 0. The van der Waals surface area contributed by atoms with E-state index in [4.69, 9.17) is 0 Å².